The Bertz CT molecular complexity index is 1060. The molecule has 0 spiro atoms. The van der Waals surface area contributed by atoms with Gasteiger partial charge < -0.3 is 24.6 Å². The van der Waals surface area contributed by atoms with E-state index in [2.05, 4.69) is 5.32 Å². The largest absolute Gasteiger partial charge is 0.507 e. The number of hydrogen-bond donors (Lipinski definition) is 2. The highest BCUT2D eigenvalue weighted by Gasteiger charge is 2.14. The molecule has 0 aliphatic carbocycles. The summed E-state index contributed by atoms with van der Waals surface area (Å²) >= 11 is 6.24. The van der Waals surface area contributed by atoms with Crippen LogP contribution in [0.4, 0.5) is 10.1 Å². The summed E-state index contributed by atoms with van der Waals surface area (Å²) in [6, 6.07) is 15.2. The molecule has 0 fully saturated rings. The van der Waals surface area contributed by atoms with Crippen LogP contribution in [-0.2, 0) is 11.3 Å². The molecule has 0 aromatic heterocycles. The summed E-state index contributed by atoms with van der Waals surface area (Å²) in [5, 5.41) is 13.1. The number of ether oxygens (including phenoxy) is 3. The van der Waals surface area contributed by atoms with E-state index in [4.69, 9.17) is 25.8 Å². The first-order valence-corrected chi connectivity index (χ1v) is 9.77. The maximum absolute atomic E-state index is 13.3. The van der Waals surface area contributed by atoms with E-state index in [0.717, 1.165) is 0 Å². The number of methoxy groups -OCH3 is 1. The molecule has 162 valence electrons. The second-order valence-corrected chi connectivity index (χ2v) is 6.95. The Morgan fingerprint density at radius 1 is 1.06 bits per heavy atom. The first-order valence-electron chi connectivity index (χ1n) is 9.39. The van der Waals surface area contributed by atoms with Gasteiger partial charge in [-0.05, 0) is 48.0 Å². The lowest BCUT2D eigenvalue weighted by molar-refractivity contribution is 0.102. The lowest BCUT2D eigenvalue weighted by Crippen LogP contribution is -2.12. The third-order valence-corrected chi connectivity index (χ3v) is 4.54. The van der Waals surface area contributed by atoms with Gasteiger partial charge in [-0.3, -0.25) is 4.79 Å². The number of carbonyl (C=O) groups is 1. The zero-order valence-corrected chi connectivity index (χ0v) is 17.5. The van der Waals surface area contributed by atoms with E-state index in [0.29, 0.717) is 36.0 Å². The van der Waals surface area contributed by atoms with Crippen LogP contribution in [-0.4, -0.2) is 31.3 Å². The van der Waals surface area contributed by atoms with Crippen molar-refractivity contribution in [3.8, 4) is 17.2 Å². The van der Waals surface area contributed by atoms with Crippen LogP contribution in [0.15, 0.2) is 60.7 Å². The van der Waals surface area contributed by atoms with Crippen molar-refractivity contribution in [1.82, 2.24) is 0 Å². The summed E-state index contributed by atoms with van der Waals surface area (Å²) in [5.74, 6) is -0.250. The number of amides is 1. The van der Waals surface area contributed by atoms with Crippen molar-refractivity contribution < 1.29 is 28.5 Å². The molecule has 0 unspecified atom stereocenters. The first-order chi connectivity index (χ1) is 15.0. The summed E-state index contributed by atoms with van der Waals surface area (Å²) in [7, 11) is 1.56. The quantitative estimate of drug-likeness (QED) is 0.451. The lowest BCUT2D eigenvalue weighted by atomic mass is 10.1. The van der Waals surface area contributed by atoms with Gasteiger partial charge in [0.25, 0.3) is 5.91 Å². The Morgan fingerprint density at radius 2 is 1.90 bits per heavy atom. The summed E-state index contributed by atoms with van der Waals surface area (Å²) in [6.45, 7) is 0.884. The minimum atomic E-state index is -0.509. The van der Waals surface area contributed by atoms with Gasteiger partial charge in [-0.15, -0.1) is 0 Å². The van der Waals surface area contributed by atoms with Crippen LogP contribution in [0.2, 0.25) is 5.02 Å². The van der Waals surface area contributed by atoms with E-state index in [1.54, 1.807) is 37.4 Å². The highest BCUT2D eigenvalue weighted by atomic mass is 35.5. The molecule has 3 aromatic carbocycles. The van der Waals surface area contributed by atoms with Gasteiger partial charge in [0.1, 0.15) is 36.3 Å². The van der Waals surface area contributed by atoms with Crippen LogP contribution in [0, 0.1) is 5.82 Å². The van der Waals surface area contributed by atoms with Crippen LogP contribution in [0.1, 0.15) is 15.9 Å². The van der Waals surface area contributed by atoms with Crippen molar-refractivity contribution in [2.45, 2.75) is 6.61 Å². The minimum Gasteiger partial charge on any atom is -0.507 e. The number of phenols is 1. The first kappa shape index (κ1) is 22.4. The zero-order chi connectivity index (χ0) is 22.2. The van der Waals surface area contributed by atoms with Crippen LogP contribution in [0.5, 0.6) is 17.2 Å². The Balaban J connectivity index is 1.62. The molecule has 0 aliphatic rings. The summed E-state index contributed by atoms with van der Waals surface area (Å²) in [4.78, 5) is 12.5. The summed E-state index contributed by atoms with van der Waals surface area (Å²) < 4.78 is 29.2. The Labute approximate surface area is 184 Å². The van der Waals surface area contributed by atoms with Crippen LogP contribution < -0.4 is 14.8 Å². The predicted octanol–water partition coefficient (Wildman–Crippen LogP) is 5.04. The lowest BCUT2D eigenvalue weighted by Gasteiger charge is -2.12. The smallest absolute Gasteiger partial charge is 0.259 e. The van der Waals surface area contributed by atoms with E-state index in [1.807, 2.05) is 0 Å². The topological polar surface area (TPSA) is 77.0 Å². The second-order valence-electron chi connectivity index (χ2n) is 6.54. The average molecular weight is 446 g/mol. The van der Waals surface area contributed by atoms with Crippen LogP contribution >= 0.6 is 11.6 Å². The highest BCUT2D eigenvalue weighted by molar-refractivity contribution is 6.32. The minimum absolute atomic E-state index is 0.0849. The maximum Gasteiger partial charge on any atom is 0.259 e. The normalized spacial score (nSPS) is 10.5. The Kier molecular flexibility index (Phi) is 7.70. The molecular weight excluding hydrogens is 425 g/mol. The van der Waals surface area contributed by atoms with E-state index in [9.17, 15) is 14.3 Å². The molecular formula is C23H21ClFNO5. The molecule has 0 aliphatic heterocycles. The Morgan fingerprint density at radius 3 is 2.61 bits per heavy atom. The van der Waals surface area contributed by atoms with E-state index in [1.165, 1.54) is 30.3 Å². The summed E-state index contributed by atoms with van der Waals surface area (Å²) in [6.07, 6.45) is 0. The van der Waals surface area contributed by atoms with Gasteiger partial charge in [0.15, 0.2) is 0 Å². The van der Waals surface area contributed by atoms with Gasteiger partial charge in [0.05, 0.1) is 17.2 Å². The number of carbonyl (C=O) groups excluding carboxylic acids is 1. The fourth-order valence-corrected chi connectivity index (χ4v) is 2.95. The van der Waals surface area contributed by atoms with Gasteiger partial charge in [-0.25, -0.2) is 4.39 Å². The number of nitrogens with one attached hydrogen (secondary N) is 1. The fraction of sp³-hybridized carbons (Fsp3) is 0.174. The molecule has 8 heteroatoms. The van der Waals surface area contributed by atoms with Gasteiger partial charge in [-0.1, -0.05) is 23.7 Å². The third-order valence-electron chi connectivity index (χ3n) is 4.24. The third kappa shape index (κ3) is 6.34. The molecule has 0 saturated heterocycles. The number of benzene rings is 3. The van der Waals surface area contributed by atoms with Crippen LogP contribution in [0.3, 0.4) is 0 Å². The molecule has 0 radical (unpaired) electrons. The number of anilines is 1. The number of halogens is 2. The van der Waals surface area contributed by atoms with Crippen molar-refractivity contribution >= 4 is 23.2 Å². The summed E-state index contributed by atoms with van der Waals surface area (Å²) in [5.41, 5.74) is 1.17. The van der Waals surface area contributed by atoms with Crippen molar-refractivity contribution in [3.05, 3.63) is 82.6 Å². The Hall–Kier alpha value is -3.29. The molecule has 2 N–H and O–H groups in total. The monoisotopic (exact) mass is 445 g/mol. The van der Waals surface area contributed by atoms with Gasteiger partial charge in [0.2, 0.25) is 0 Å². The van der Waals surface area contributed by atoms with E-state index < -0.39 is 5.91 Å². The SMILES string of the molecule is COCCOc1ccc(C(=O)Nc2ccc(OCc3cccc(F)c3)c(Cl)c2)c(O)c1. The molecule has 0 saturated carbocycles. The van der Waals surface area contributed by atoms with Crippen LogP contribution in [0.25, 0.3) is 0 Å². The van der Waals surface area contributed by atoms with Gasteiger partial charge in [0, 0.05) is 18.9 Å². The number of phenolic OH excluding ortho intramolecular Hbond substituents is 1. The standard InChI is InChI=1S/C23H21ClFNO5/c1-29-9-10-30-18-6-7-19(21(27)13-18)23(28)26-17-5-8-22(20(24)12-17)31-14-15-3-2-4-16(25)11-15/h2-8,11-13,27H,9-10,14H2,1H3,(H,26,28). The number of aromatic hydroxyl groups is 1. The molecule has 1 amide bonds. The molecule has 31 heavy (non-hydrogen) atoms. The average Bonchev–Trinajstić information content (AvgIpc) is 2.73. The van der Waals surface area contributed by atoms with Crippen molar-refractivity contribution in [2.75, 3.05) is 25.6 Å². The molecule has 0 atom stereocenters. The fourth-order valence-electron chi connectivity index (χ4n) is 2.72. The molecule has 0 heterocycles. The zero-order valence-electron chi connectivity index (χ0n) is 16.7. The highest BCUT2D eigenvalue weighted by Crippen LogP contribution is 2.30. The number of hydrogen-bond acceptors (Lipinski definition) is 5. The van der Waals surface area contributed by atoms with E-state index in [-0.39, 0.29) is 28.8 Å². The molecule has 6 nitrogen and oxygen atoms in total. The van der Waals surface area contributed by atoms with E-state index >= 15 is 0 Å². The van der Waals surface area contributed by atoms with Gasteiger partial charge in [-0.2, -0.15) is 0 Å². The van der Waals surface area contributed by atoms with Crippen molar-refractivity contribution in [1.29, 1.82) is 0 Å². The van der Waals surface area contributed by atoms with Crippen molar-refractivity contribution in [3.63, 3.8) is 0 Å². The second kappa shape index (κ2) is 10.7. The predicted molar refractivity (Wildman–Crippen MR) is 116 cm³/mol. The number of rotatable bonds is 9. The van der Waals surface area contributed by atoms with Crippen molar-refractivity contribution in [2.24, 2.45) is 0 Å². The molecule has 0 bridgehead atoms. The molecule has 3 rings (SSSR count). The molecule has 3 aromatic rings. The van der Waals surface area contributed by atoms with Gasteiger partial charge >= 0.3 is 0 Å². The maximum atomic E-state index is 13.3.